The van der Waals surface area contributed by atoms with Gasteiger partial charge in [-0.2, -0.15) is 0 Å². The number of carbonyl (C=O) groups excluding carboxylic acids is 2. The molecule has 7 atom stereocenters. The molecule has 0 aromatic rings. The van der Waals surface area contributed by atoms with Crippen molar-refractivity contribution in [3.8, 4) is 0 Å². The average Bonchev–Trinajstić information content (AvgIpc) is 3.43. The lowest BCUT2D eigenvalue weighted by atomic mass is 9.99. The van der Waals surface area contributed by atoms with Crippen molar-refractivity contribution in [2.75, 3.05) is 19.8 Å². The highest BCUT2D eigenvalue weighted by molar-refractivity contribution is 5.76. The lowest BCUT2D eigenvalue weighted by Crippen LogP contribution is -2.60. The number of hydrogen-bond donors (Lipinski definition) is 6. The van der Waals surface area contributed by atoms with Crippen molar-refractivity contribution < 1.29 is 49.3 Å². The van der Waals surface area contributed by atoms with Gasteiger partial charge in [0.15, 0.2) is 6.29 Å². The highest BCUT2D eigenvalue weighted by Gasteiger charge is 2.44. The molecule has 1 fully saturated rings. The van der Waals surface area contributed by atoms with E-state index in [9.17, 15) is 35.1 Å². The van der Waals surface area contributed by atoms with E-state index in [4.69, 9.17) is 14.2 Å². The van der Waals surface area contributed by atoms with Gasteiger partial charge in [0.25, 0.3) is 0 Å². The van der Waals surface area contributed by atoms with Crippen molar-refractivity contribution in [1.82, 2.24) is 5.32 Å². The van der Waals surface area contributed by atoms with E-state index in [0.29, 0.717) is 19.4 Å². The first-order valence-electron chi connectivity index (χ1n) is 32.4. The summed E-state index contributed by atoms with van der Waals surface area (Å²) >= 11 is 0. The Morgan fingerprint density at radius 1 is 0.468 bits per heavy atom. The zero-order valence-corrected chi connectivity index (χ0v) is 49.7. The van der Waals surface area contributed by atoms with Crippen molar-refractivity contribution in [2.45, 2.75) is 339 Å². The second-order valence-electron chi connectivity index (χ2n) is 22.4. The smallest absolute Gasteiger partial charge is 0.305 e. The molecule has 0 aromatic carbocycles. The molecule has 6 N–H and O–H groups in total. The van der Waals surface area contributed by atoms with Crippen LogP contribution in [0.3, 0.4) is 0 Å². The molecule has 0 aliphatic carbocycles. The van der Waals surface area contributed by atoms with Gasteiger partial charge in [0.1, 0.15) is 24.4 Å². The molecule has 0 radical (unpaired) electrons. The molecule has 0 bridgehead atoms. The summed E-state index contributed by atoms with van der Waals surface area (Å²) in [4.78, 5) is 25.1. The van der Waals surface area contributed by atoms with Gasteiger partial charge >= 0.3 is 5.97 Å². The summed E-state index contributed by atoms with van der Waals surface area (Å²) < 4.78 is 16.7. The third-order valence-electron chi connectivity index (χ3n) is 15.1. The Morgan fingerprint density at radius 3 is 1.31 bits per heavy atom. The molecule has 0 spiro atoms. The summed E-state index contributed by atoms with van der Waals surface area (Å²) in [5.74, 6) is -0.208. The van der Waals surface area contributed by atoms with E-state index in [1.54, 1.807) is 6.08 Å². The van der Waals surface area contributed by atoms with Gasteiger partial charge in [-0.15, -0.1) is 0 Å². The fourth-order valence-corrected chi connectivity index (χ4v) is 9.97. The Labute approximate surface area is 472 Å². The number of unbranched alkanes of at least 4 members (excludes halogenated alkanes) is 36. The molecule has 11 nitrogen and oxygen atoms in total. The van der Waals surface area contributed by atoms with Crippen LogP contribution in [0.15, 0.2) is 48.6 Å². The number of amides is 1. The Bertz CT molecular complexity index is 1420. The third kappa shape index (κ3) is 45.0. The van der Waals surface area contributed by atoms with E-state index >= 15 is 0 Å². The second-order valence-corrected chi connectivity index (χ2v) is 22.4. The largest absolute Gasteiger partial charge is 0.466 e. The lowest BCUT2D eigenvalue weighted by Gasteiger charge is -2.40. The number of rotatable bonds is 56. The molecule has 1 aliphatic rings. The Morgan fingerprint density at radius 2 is 0.844 bits per heavy atom. The molecule has 0 saturated carbocycles. The maximum atomic E-state index is 13.0. The molecule has 1 saturated heterocycles. The minimum Gasteiger partial charge on any atom is -0.466 e. The fraction of sp³-hybridized carbons (Fsp3) is 0.848. The molecule has 0 aromatic heterocycles. The molecule has 1 amide bonds. The Kier molecular flexibility index (Phi) is 52.4. The van der Waals surface area contributed by atoms with E-state index in [0.717, 1.165) is 77.0 Å². The van der Waals surface area contributed by atoms with E-state index in [-0.39, 0.29) is 18.5 Å². The van der Waals surface area contributed by atoms with Crippen LogP contribution in [-0.2, 0) is 23.8 Å². The summed E-state index contributed by atoms with van der Waals surface area (Å²) in [6, 6.07) is -0.832. The van der Waals surface area contributed by atoms with Crippen LogP contribution in [0.2, 0.25) is 0 Å². The second kappa shape index (κ2) is 55.5. The molecule has 1 aliphatic heterocycles. The minimum atomic E-state index is -1.58. The zero-order chi connectivity index (χ0) is 55.9. The molecule has 11 heteroatoms. The topological polar surface area (TPSA) is 175 Å². The zero-order valence-electron chi connectivity index (χ0n) is 49.7. The van der Waals surface area contributed by atoms with Gasteiger partial charge in [-0.25, -0.2) is 0 Å². The summed E-state index contributed by atoms with van der Waals surface area (Å²) in [5, 5.41) is 54.2. The van der Waals surface area contributed by atoms with Crippen molar-refractivity contribution in [2.24, 2.45) is 0 Å². The number of aliphatic hydroxyl groups is 5. The quantitative estimate of drug-likeness (QED) is 0.0195. The maximum Gasteiger partial charge on any atom is 0.305 e. The summed E-state index contributed by atoms with van der Waals surface area (Å²) in [7, 11) is 0. The number of carbonyl (C=O) groups is 2. The van der Waals surface area contributed by atoms with E-state index in [1.807, 2.05) is 6.08 Å². The van der Waals surface area contributed by atoms with E-state index in [1.165, 1.54) is 193 Å². The molecule has 450 valence electrons. The van der Waals surface area contributed by atoms with Gasteiger partial charge in [-0.1, -0.05) is 236 Å². The molecular weight excluding hydrogens is 967 g/mol. The number of ether oxygens (including phenoxy) is 3. The lowest BCUT2D eigenvalue weighted by molar-refractivity contribution is -0.302. The van der Waals surface area contributed by atoms with Gasteiger partial charge in [-0.3, -0.25) is 9.59 Å². The van der Waals surface area contributed by atoms with Crippen molar-refractivity contribution in [1.29, 1.82) is 0 Å². The number of nitrogens with one attached hydrogen (secondary N) is 1. The van der Waals surface area contributed by atoms with E-state index in [2.05, 4.69) is 55.6 Å². The van der Waals surface area contributed by atoms with Gasteiger partial charge in [0.2, 0.25) is 5.91 Å². The van der Waals surface area contributed by atoms with Crippen molar-refractivity contribution >= 4 is 11.9 Å². The number of esters is 1. The molecule has 77 heavy (non-hydrogen) atoms. The average molecular weight is 1090 g/mol. The van der Waals surface area contributed by atoms with Crippen LogP contribution < -0.4 is 5.32 Å². The minimum absolute atomic E-state index is 0.00617. The summed E-state index contributed by atoms with van der Waals surface area (Å²) in [6.07, 6.45) is 61.0. The predicted octanol–water partition coefficient (Wildman–Crippen LogP) is 15.6. The van der Waals surface area contributed by atoms with Crippen molar-refractivity contribution in [3.05, 3.63) is 48.6 Å². The number of aliphatic hydroxyl groups excluding tert-OH is 5. The van der Waals surface area contributed by atoms with Crippen molar-refractivity contribution in [3.63, 3.8) is 0 Å². The van der Waals surface area contributed by atoms with Crippen LogP contribution >= 0.6 is 0 Å². The van der Waals surface area contributed by atoms with E-state index < -0.39 is 49.5 Å². The SMILES string of the molecule is CCCCC/C=C/CC/C=C/C(O)C(COC1OC(CO)C(O)C(O)C1O)NC(=O)CCCCCCCCC/C=C\CCCCCCCCCCCCCOC(=O)CCCCCCCCC/C=C\CCCCCCCCC. The molecule has 1 heterocycles. The predicted molar refractivity (Wildman–Crippen MR) is 320 cm³/mol. The van der Waals surface area contributed by atoms with Gasteiger partial charge < -0.3 is 45.1 Å². The van der Waals surface area contributed by atoms with Gasteiger partial charge in [-0.05, 0) is 96.3 Å². The van der Waals surface area contributed by atoms with Crippen LogP contribution in [-0.4, -0.2) is 100 Å². The highest BCUT2D eigenvalue weighted by atomic mass is 16.7. The first kappa shape index (κ1) is 72.6. The van der Waals surface area contributed by atoms with Gasteiger partial charge in [0, 0.05) is 12.8 Å². The van der Waals surface area contributed by atoms with Gasteiger partial charge in [0.05, 0.1) is 32.0 Å². The summed E-state index contributed by atoms with van der Waals surface area (Å²) in [5.41, 5.74) is 0. The van der Waals surface area contributed by atoms with Crippen LogP contribution in [0.4, 0.5) is 0 Å². The normalized spacial score (nSPS) is 18.9. The third-order valence-corrected chi connectivity index (χ3v) is 15.1. The van der Waals surface area contributed by atoms with Crippen LogP contribution in [0.1, 0.15) is 296 Å². The van der Waals surface area contributed by atoms with Crippen LogP contribution in [0.5, 0.6) is 0 Å². The Hall–Kier alpha value is -2.38. The summed E-state index contributed by atoms with van der Waals surface area (Å²) in [6.45, 7) is 4.27. The number of allylic oxidation sites excluding steroid dienone is 7. The molecule has 7 unspecified atom stereocenters. The van der Waals surface area contributed by atoms with Crippen LogP contribution in [0.25, 0.3) is 0 Å². The first-order chi connectivity index (χ1) is 37.7. The standard InChI is InChI=1S/C66H121NO10/c1-3-5-7-9-11-13-14-15-16-17-25-28-31-34-38-42-46-50-54-62(71)75-55-51-47-43-39-35-32-29-26-23-21-19-18-20-22-24-27-30-33-37-41-45-49-53-61(70)67-58(59(69)52-48-44-40-36-12-10-8-6-4-2)57-76-66-65(74)64(73)63(72)60(56-68)77-66/h12,16-17,20,22,36,48,52,58-60,63-66,68-69,72-74H,3-11,13-15,18-19,21,23-35,37-47,49-51,53-57H2,1-2H3,(H,67,70)/b17-16-,22-20-,36-12+,52-48+. The van der Waals surface area contributed by atoms with Crippen LogP contribution in [0, 0.1) is 0 Å². The fourth-order valence-electron chi connectivity index (χ4n) is 9.97. The monoisotopic (exact) mass is 1090 g/mol. The number of hydrogen-bond acceptors (Lipinski definition) is 10. The maximum absolute atomic E-state index is 13.0. The molecule has 1 rings (SSSR count). The highest BCUT2D eigenvalue weighted by Crippen LogP contribution is 2.23. The first-order valence-corrected chi connectivity index (χ1v) is 32.4. The Balaban J connectivity index is 1.97. The molecular formula is C66H121NO10.